The van der Waals surface area contributed by atoms with Crippen LogP contribution in [-0.2, 0) is 4.79 Å². The van der Waals surface area contributed by atoms with E-state index in [4.69, 9.17) is 4.74 Å². The molecule has 5 heteroatoms. The SMILES string of the molecule is CCCN(C(=O)C(C)Oc1ccc(C)cc1)C1CCN(C(=O)c2ccccc2)CC1. The van der Waals surface area contributed by atoms with E-state index in [9.17, 15) is 9.59 Å². The summed E-state index contributed by atoms with van der Waals surface area (Å²) in [5.74, 6) is 0.796. The number of amides is 2. The normalized spacial score (nSPS) is 15.5. The van der Waals surface area contributed by atoms with Crippen LogP contribution in [0.5, 0.6) is 5.75 Å². The molecule has 1 aliphatic rings. The van der Waals surface area contributed by atoms with Crippen molar-refractivity contribution in [2.45, 2.75) is 52.2 Å². The summed E-state index contributed by atoms with van der Waals surface area (Å²) in [4.78, 5) is 29.7. The van der Waals surface area contributed by atoms with Crippen molar-refractivity contribution in [2.24, 2.45) is 0 Å². The van der Waals surface area contributed by atoms with E-state index in [1.54, 1.807) is 0 Å². The third-order valence-electron chi connectivity index (χ3n) is 5.64. The van der Waals surface area contributed by atoms with Gasteiger partial charge in [0.1, 0.15) is 5.75 Å². The summed E-state index contributed by atoms with van der Waals surface area (Å²) in [5.41, 5.74) is 1.88. The molecule has 1 atom stereocenters. The molecular weight excluding hydrogens is 376 g/mol. The smallest absolute Gasteiger partial charge is 0.263 e. The van der Waals surface area contributed by atoms with E-state index in [-0.39, 0.29) is 17.9 Å². The molecule has 1 fully saturated rings. The first-order chi connectivity index (χ1) is 14.5. The quantitative estimate of drug-likeness (QED) is 0.686. The topological polar surface area (TPSA) is 49.9 Å². The van der Waals surface area contributed by atoms with Crippen LogP contribution in [0.25, 0.3) is 0 Å². The van der Waals surface area contributed by atoms with Gasteiger partial charge in [-0.25, -0.2) is 0 Å². The highest BCUT2D eigenvalue weighted by atomic mass is 16.5. The number of likely N-dealkylation sites (tertiary alicyclic amines) is 1. The molecule has 2 aromatic carbocycles. The Morgan fingerprint density at radius 2 is 1.70 bits per heavy atom. The van der Waals surface area contributed by atoms with Crippen LogP contribution in [0.3, 0.4) is 0 Å². The summed E-state index contributed by atoms with van der Waals surface area (Å²) in [6, 6.07) is 17.3. The van der Waals surface area contributed by atoms with E-state index in [1.165, 1.54) is 0 Å². The maximum Gasteiger partial charge on any atom is 0.263 e. The summed E-state index contributed by atoms with van der Waals surface area (Å²) in [6.07, 6.45) is 1.94. The van der Waals surface area contributed by atoms with Crippen molar-refractivity contribution in [3.05, 3.63) is 65.7 Å². The molecule has 0 saturated carbocycles. The second-order valence-corrected chi connectivity index (χ2v) is 7.99. The molecule has 5 nitrogen and oxygen atoms in total. The van der Waals surface area contributed by atoms with Crippen LogP contribution in [0.2, 0.25) is 0 Å². The Kier molecular flexibility index (Phi) is 7.50. The standard InChI is InChI=1S/C25H32N2O3/c1-4-16-27(24(28)20(3)30-23-12-10-19(2)11-13-23)22-14-17-26(18-15-22)25(29)21-8-6-5-7-9-21/h5-13,20,22H,4,14-18H2,1-3H3. The predicted molar refractivity (Wildman–Crippen MR) is 119 cm³/mol. The monoisotopic (exact) mass is 408 g/mol. The summed E-state index contributed by atoms with van der Waals surface area (Å²) >= 11 is 0. The van der Waals surface area contributed by atoms with Gasteiger partial charge in [0.05, 0.1) is 0 Å². The first-order valence-electron chi connectivity index (χ1n) is 10.9. The molecule has 1 heterocycles. The molecule has 30 heavy (non-hydrogen) atoms. The average Bonchev–Trinajstić information content (AvgIpc) is 2.79. The van der Waals surface area contributed by atoms with Crippen LogP contribution in [0.1, 0.15) is 49.0 Å². The van der Waals surface area contributed by atoms with Crippen molar-refractivity contribution in [3.63, 3.8) is 0 Å². The lowest BCUT2D eigenvalue weighted by Gasteiger charge is -2.39. The zero-order valence-corrected chi connectivity index (χ0v) is 18.2. The average molecular weight is 409 g/mol. The van der Waals surface area contributed by atoms with Gasteiger partial charge in [-0.3, -0.25) is 9.59 Å². The molecule has 160 valence electrons. The van der Waals surface area contributed by atoms with Crippen LogP contribution >= 0.6 is 0 Å². The number of aryl methyl sites for hydroxylation is 1. The molecule has 0 bridgehead atoms. The number of benzene rings is 2. The molecule has 3 rings (SSSR count). The number of piperidine rings is 1. The summed E-state index contributed by atoms with van der Waals surface area (Å²) < 4.78 is 5.91. The fourth-order valence-electron chi connectivity index (χ4n) is 3.96. The van der Waals surface area contributed by atoms with Gasteiger partial charge in [-0.1, -0.05) is 42.8 Å². The number of carbonyl (C=O) groups is 2. The highest BCUT2D eigenvalue weighted by Crippen LogP contribution is 2.21. The van der Waals surface area contributed by atoms with Gasteiger partial charge in [0.15, 0.2) is 6.10 Å². The largest absolute Gasteiger partial charge is 0.481 e. The summed E-state index contributed by atoms with van der Waals surface area (Å²) in [5, 5.41) is 0. The predicted octanol–water partition coefficient (Wildman–Crippen LogP) is 4.31. The molecule has 0 radical (unpaired) electrons. The molecule has 0 aliphatic carbocycles. The third-order valence-corrected chi connectivity index (χ3v) is 5.64. The second-order valence-electron chi connectivity index (χ2n) is 7.99. The molecular formula is C25H32N2O3. The van der Waals surface area contributed by atoms with E-state index in [0.717, 1.165) is 30.4 Å². The fourth-order valence-corrected chi connectivity index (χ4v) is 3.96. The Labute approximate surface area is 179 Å². The summed E-state index contributed by atoms with van der Waals surface area (Å²) in [6.45, 7) is 7.96. The van der Waals surface area contributed by atoms with Crippen molar-refractivity contribution in [3.8, 4) is 5.75 Å². The minimum absolute atomic E-state index is 0.0188. The first-order valence-corrected chi connectivity index (χ1v) is 10.9. The van der Waals surface area contributed by atoms with Crippen LogP contribution in [0, 0.1) is 6.92 Å². The number of rotatable bonds is 7. The van der Waals surface area contributed by atoms with E-state index in [0.29, 0.717) is 25.4 Å². The van der Waals surface area contributed by atoms with Gasteiger partial charge >= 0.3 is 0 Å². The van der Waals surface area contributed by atoms with Gasteiger partial charge in [0, 0.05) is 31.2 Å². The van der Waals surface area contributed by atoms with Crippen molar-refractivity contribution in [1.29, 1.82) is 0 Å². The molecule has 1 aliphatic heterocycles. The zero-order valence-electron chi connectivity index (χ0n) is 18.2. The van der Waals surface area contributed by atoms with Crippen molar-refractivity contribution in [2.75, 3.05) is 19.6 Å². The number of hydrogen-bond donors (Lipinski definition) is 0. The van der Waals surface area contributed by atoms with Crippen LogP contribution in [-0.4, -0.2) is 53.4 Å². The van der Waals surface area contributed by atoms with Gasteiger partial charge in [0.25, 0.3) is 11.8 Å². The molecule has 0 aromatic heterocycles. The minimum atomic E-state index is -0.539. The lowest BCUT2D eigenvalue weighted by molar-refractivity contribution is -0.141. The molecule has 1 unspecified atom stereocenters. The van der Waals surface area contributed by atoms with Crippen molar-refractivity contribution >= 4 is 11.8 Å². The third kappa shape index (κ3) is 5.41. The highest BCUT2D eigenvalue weighted by molar-refractivity contribution is 5.94. The molecule has 2 aromatic rings. The maximum atomic E-state index is 13.2. The lowest BCUT2D eigenvalue weighted by Crippen LogP contribution is -2.52. The van der Waals surface area contributed by atoms with E-state index < -0.39 is 6.10 Å². The Balaban J connectivity index is 1.60. The fraction of sp³-hybridized carbons (Fsp3) is 0.440. The van der Waals surface area contributed by atoms with Gasteiger partial charge in [0.2, 0.25) is 0 Å². The van der Waals surface area contributed by atoms with Crippen molar-refractivity contribution < 1.29 is 14.3 Å². The number of ether oxygens (including phenoxy) is 1. The van der Waals surface area contributed by atoms with Gasteiger partial charge < -0.3 is 14.5 Å². The Hall–Kier alpha value is -2.82. The van der Waals surface area contributed by atoms with E-state index >= 15 is 0 Å². The van der Waals surface area contributed by atoms with E-state index in [2.05, 4.69) is 6.92 Å². The maximum absolute atomic E-state index is 13.2. The molecule has 1 saturated heterocycles. The minimum Gasteiger partial charge on any atom is -0.481 e. The summed E-state index contributed by atoms with van der Waals surface area (Å²) in [7, 11) is 0. The molecule has 2 amide bonds. The zero-order chi connectivity index (χ0) is 21.5. The molecule has 0 N–H and O–H groups in total. The highest BCUT2D eigenvalue weighted by Gasteiger charge is 2.32. The number of nitrogens with zero attached hydrogens (tertiary/aromatic N) is 2. The van der Waals surface area contributed by atoms with Crippen molar-refractivity contribution in [1.82, 2.24) is 9.80 Å². The Bertz CT molecular complexity index is 827. The van der Waals surface area contributed by atoms with Crippen LogP contribution in [0.4, 0.5) is 0 Å². The van der Waals surface area contributed by atoms with Crippen LogP contribution in [0.15, 0.2) is 54.6 Å². The number of carbonyl (C=O) groups excluding carboxylic acids is 2. The Morgan fingerprint density at radius 1 is 1.07 bits per heavy atom. The van der Waals surface area contributed by atoms with Crippen LogP contribution < -0.4 is 4.74 Å². The molecule has 0 spiro atoms. The Morgan fingerprint density at radius 3 is 2.30 bits per heavy atom. The van der Waals surface area contributed by atoms with Gasteiger partial charge in [-0.2, -0.15) is 0 Å². The number of hydrogen-bond acceptors (Lipinski definition) is 3. The van der Waals surface area contributed by atoms with Gasteiger partial charge in [-0.15, -0.1) is 0 Å². The lowest BCUT2D eigenvalue weighted by atomic mass is 10.0. The first kappa shape index (κ1) is 21.9. The van der Waals surface area contributed by atoms with Gasteiger partial charge in [-0.05, 0) is 57.4 Å². The van der Waals surface area contributed by atoms with E-state index in [1.807, 2.05) is 78.2 Å². The second kappa shape index (κ2) is 10.3.